The van der Waals surface area contributed by atoms with Crippen molar-refractivity contribution >= 4 is 32.7 Å². The van der Waals surface area contributed by atoms with Gasteiger partial charge in [-0.3, -0.25) is 0 Å². The number of hydrogen-bond donors (Lipinski definition) is 2. The third-order valence-electron chi connectivity index (χ3n) is 3.12. The summed E-state index contributed by atoms with van der Waals surface area (Å²) in [6.07, 6.45) is 0.631. The largest absolute Gasteiger partial charge is 0.389 e. The average molecular weight is 284 g/mol. The standard InChI is InChI=1S/C12H16N2O2S2/c1-12(6-7-18(15,16)8-12)14-10-4-2-9(3-5-10)11(13)17/h2-5,14H,6-8H2,1H3,(H2,13,17). The second kappa shape index (κ2) is 4.51. The van der Waals surface area contributed by atoms with Crippen molar-refractivity contribution in [3.8, 4) is 0 Å². The van der Waals surface area contributed by atoms with Gasteiger partial charge in [0, 0.05) is 16.8 Å². The number of nitrogens with two attached hydrogens (primary N) is 1. The van der Waals surface area contributed by atoms with E-state index < -0.39 is 9.84 Å². The highest BCUT2D eigenvalue weighted by Gasteiger charge is 2.38. The van der Waals surface area contributed by atoms with Crippen LogP contribution < -0.4 is 11.1 Å². The Labute approximate surface area is 112 Å². The highest BCUT2D eigenvalue weighted by atomic mass is 32.2. The molecule has 1 aromatic rings. The van der Waals surface area contributed by atoms with Gasteiger partial charge in [-0.15, -0.1) is 0 Å². The fraction of sp³-hybridized carbons (Fsp3) is 0.417. The van der Waals surface area contributed by atoms with E-state index in [1.54, 1.807) is 0 Å². The number of rotatable bonds is 3. The van der Waals surface area contributed by atoms with E-state index >= 15 is 0 Å². The van der Waals surface area contributed by atoms with Gasteiger partial charge in [-0.1, -0.05) is 12.2 Å². The zero-order valence-corrected chi connectivity index (χ0v) is 11.8. The molecule has 0 spiro atoms. The lowest BCUT2D eigenvalue weighted by Crippen LogP contribution is -2.35. The van der Waals surface area contributed by atoms with Crippen LogP contribution in [0.15, 0.2) is 24.3 Å². The molecule has 0 amide bonds. The van der Waals surface area contributed by atoms with E-state index in [-0.39, 0.29) is 17.0 Å². The first kappa shape index (κ1) is 13.3. The van der Waals surface area contributed by atoms with E-state index in [1.807, 2.05) is 31.2 Å². The van der Waals surface area contributed by atoms with Crippen molar-refractivity contribution < 1.29 is 8.42 Å². The molecule has 6 heteroatoms. The third-order valence-corrected chi connectivity index (χ3v) is 5.26. The van der Waals surface area contributed by atoms with E-state index in [1.165, 1.54) is 0 Å². The van der Waals surface area contributed by atoms with E-state index in [0.717, 1.165) is 11.3 Å². The van der Waals surface area contributed by atoms with Crippen molar-refractivity contribution in [3.05, 3.63) is 29.8 Å². The minimum absolute atomic E-state index is 0.178. The van der Waals surface area contributed by atoms with Gasteiger partial charge in [-0.2, -0.15) is 0 Å². The molecule has 0 aliphatic carbocycles. The van der Waals surface area contributed by atoms with Crippen molar-refractivity contribution in [2.75, 3.05) is 16.8 Å². The van der Waals surface area contributed by atoms with Crippen LogP contribution in [-0.4, -0.2) is 30.5 Å². The minimum atomic E-state index is -2.90. The maximum Gasteiger partial charge on any atom is 0.152 e. The molecule has 1 aliphatic heterocycles. The molecule has 1 heterocycles. The first-order chi connectivity index (χ1) is 8.30. The van der Waals surface area contributed by atoms with Gasteiger partial charge in [0.05, 0.1) is 11.5 Å². The monoisotopic (exact) mass is 284 g/mol. The van der Waals surface area contributed by atoms with Crippen LogP contribution >= 0.6 is 12.2 Å². The summed E-state index contributed by atoms with van der Waals surface area (Å²) >= 11 is 4.88. The summed E-state index contributed by atoms with van der Waals surface area (Å²) < 4.78 is 23.0. The zero-order chi connectivity index (χ0) is 13.4. The lowest BCUT2D eigenvalue weighted by atomic mass is 10.0. The predicted molar refractivity (Wildman–Crippen MR) is 77.6 cm³/mol. The lowest BCUT2D eigenvalue weighted by molar-refractivity contribution is 0.574. The molecular formula is C12H16N2O2S2. The van der Waals surface area contributed by atoms with Crippen molar-refractivity contribution in [2.24, 2.45) is 5.73 Å². The molecule has 0 radical (unpaired) electrons. The van der Waals surface area contributed by atoms with Crippen LogP contribution in [0.3, 0.4) is 0 Å². The lowest BCUT2D eigenvalue weighted by Gasteiger charge is -2.25. The van der Waals surface area contributed by atoms with Gasteiger partial charge in [-0.25, -0.2) is 8.42 Å². The van der Waals surface area contributed by atoms with Crippen molar-refractivity contribution in [1.29, 1.82) is 0 Å². The van der Waals surface area contributed by atoms with Crippen molar-refractivity contribution in [1.82, 2.24) is 0 Å². The summed E-state index contributed by atoms with van der Waals surface area (Å²) in [5.41, 5.74) is 6.82. The average Bonchev–Trinajstić information content (AvgIpc) is 2.53. The molecule has 1 aliphatic rings. The van der Waals surface area contributed by atoms with E-state index in [9.17, 15) is 8.42 Å². The SMILES string of the molecule is CC1(Nc2ccc(C(N)=S)cc2)CCS(=O)(=O)C1. The Balaban J connectivity index is 2.13. The molecule has 1 atom stereocenters. The molecule has 4 nitrogen and oxygen atoms in total. The molecule has 2 rings (SSSR count). The Kier molecular flexibility index (Phi) is 3.33. The number of hydrogen-bond acceptors (Lipinski definition) is 4. The van der Waals surface area contributed by atoms with Crippen LogP contribution in [0.4, 0.5) is 5.69 Å². The van der Waals surface area contributed by atoms with Gasteiger partial charge in [0.1, 0.15) is 4.99 Å². The fourth-order valence-electron chi connectivity index (χ4n) is 2.18. The molecule has 1 aromatic carbocycles. The quantitative estimate of drug-likeness (QED) is 0.819. The summed E-state index contributed by atoms with van der Waals surface area (Å²) in [7, 11) is -2.90. The summed E-state index contributed by atoms with van der Waals surface area (Å²) in [6, 6.07) is 7.39. The summed E-state index contributed by atoms with van der Waals surface area (Å²) in [4.78, 5) is 0.358. The van der Waals surface area contributed by atoms with Gasteiger partial charge < -0.3 is 11.1 Å². The topological polar surface area (TPSA) is 72.2 Å². The van der Waals surface area contributed by atoms with Crippen LogP contribution in [0, 0.1) is 0 Å². The number of sulfone groups is 1. The molecular weight excluding hydrogens is 268 g/mol. The maximum absolute atomic E-state index is 11.5. The summed E-state index contributed by atoms with van der Waals surface area (Å²) in [5.74, 6) is 0.429. The number of anilines is 1. The highest BCUT2D eigenvalue weighted by molar-refractivity contribution is 7.91. The molecule has 3 N–H and O–H groups in total. The number of benzene rings is 1. The Morgan fingerprint density at radius 1 is 1.39 bits per heavy atom. The molecule has 18 heavy (non-hydrogen) atoms. The van der Waals surface area contributed by atoms with E-state index in [0.29, 0.717) is 11.4 Å². The smallest absolute Gasteiger partial charge is 0.152 e. The van der Waals surface area contributed by atoms with Gasteiger partial charge in [0.25, 0.3) is 0 Å². The zero-order valence-electron chi connectivity index (χ0n) is 10.1. The van der Waals surface area contributed by atoms with E-state index in [2.05, 4.69) is 5.32 Å². The van der Waals surface area contributed by atoms with Crippen LogP contribution in [-0.2, 0) is 9.84 Å². The number of nitrogens with one attached hydrogen (secondary N) is 1. The molecule has 0 aromatic heterocycles. The first-order valence-corrected chi connectivity index (χ1v) is 7.91. The maximum atomic E-state index is 11.5. The molecule has 0 bridgehead atoms. The van der Waals surface area contributed by atoms with Gasteiger partial charge >= 0.3 is 0 Å². The second-order valence-corrected chi connectivity index (χ2v) is 7.59. The molecule has 1 unspecified atom stereocenters. The summed E-state index contributed by atoms with van der Waals surface area (Å²) in [6.45, 7) is 1.93. The molecule has 1 saturated heterocycles. The number of thiocarbonyl (C=S) groups is 1. The van der Waals surface area contributed by atoms with Crippen molar-refractivity contribution in [3.63, 3.8) is 0 Å². The van der Waals surface area contributed by atoms with Crippen LogP contribution in [0.2, 0.25) is 0 Å². The van der Waals surface area contributed by atoms with Crippen LogP contribution in [0.1, 0.15) is 18.9 Å². The van der Waals surface area contributed by atoms with Crippen LogP contribution in [0.5, 0.6) is 0 Å². The normalized spacial score (nSPS) is 25.8. The van der Waals surface area contributed by atoms with Gasteiger partial charge in [-0.05, 0) is 37.6 Å². The Hall–Kier alpha value is -1.14. The molecule has 0 saturated carbocycles. The molecule has 98 valence electrons. The van der Waals surface area contributed by atoms with Crippen LogP contribution in [0.25, 0.3) is 0 Å². The fourth-order valence-corrected chi connectivity index (χ4v) is 4.40. The second-order valence-electron chi connectivity index (χ2n) is 4.97. The molecule has 1 fully saturated rings. The third kappa shape index (κ3) is 3.00. The Bertz CT molecular complexity index is 566. The van der Waals surface area contributed by atoms with Crippen molar-refractivity contribution in [2.45, 2.75) is 18.9 Å². The van der Waals surface area contributed by atoms with E-state index in [4.69, 9.17) is 18.0 Å². The van der Waals surface area contributed by atoms with Gasteiger partial charge in [0.2, 0.25) is 0 Å². The minimum Gasteiger partial charge on any atom is -0.389 e. The highest BCUT2D eigenvalue weighted by Crippen LogP contribution is 2.27. The van der Waals surface area contributed by atoms with Gasteiger partial charge in [0.15, 0.2) is 9.84 Å². The summed E-state index contributed by atoms with van der Waals surface area (Å²) in [5, 5.41) is 3.28. The Morgan fingerprint density at radius 2 is 2.00 bits per heavy atom. The first-order valence-electron chi connectivity index (χ1n) is 5.68. The predicted octanol–water partition coefficient (Wildman–Crippen LogP) is 1.31. The Morgan fingerprint density at radius 3 is 2.44 bits per heavy atom.